The van der Waals surface area contributed by atoms with E-state index in [0.29, 0.717) is 6.54 Å². The van der Waals surface area contributed by atoms with Gasteiger partial charge in [0.2, 0.25) is 5.91 Å². The number of rotatable bonds is 4. The summed E-state index contributed by atoms with van der Waals surface area (Å²) < 4.78 is 0. The van der Waals surface area contributed by atoms with Crippen LogP contribution in [0.25, 0.3) is 0 Å². The summed E-state index contributed by atoms with van der Waals surface area (Å²) in [6, 6.07) is 8.54. The minimum atomic E-state index is -0.542. The third kappa shape index (κ3) is 3.11. The molecule has 1 aliphatic heterocycles. The standard InChI is InChI=1S/C17H27N3O/c1-5-14(18)15(13-8-6-7-12(2)11-13)20-10-9-19-16(21)17(20,3)4/h6-8,11,14-15H,5,9-10,18H2,1-4H3,(H,19,21). The lowest BCUT2D eigenvalue weighted by Gasteiger charge is -2.47. The molecular weight excluding hydrogens is 262 g/mol. The largest absolute Gasteiger partial charge is 0.353 e. The SMILES string of the molecule is CCC(N)C(c1cccc(C)c1)N1CCNC(=O)C1(C)C. The molecule has 1 amide bonds. The summed E-state index contributed by atoms with van der Waals surface area (Å²) in [6.07, 6.45) is 0.882. The van der Waals surface area contributed by atoms with Crippen LogP contribution in [0.5, 0.6) is 0 Å². The average Bonchev–Trinajstić information content (AvgIpc) is 2.44. The van der Waals surface area contributed by atoms with Gasteiger partial charge in [0.05, 0.1) is 11.6 Å². The minimum absolute atomic E-state index is 0.0111. The highest BCUT2D eigenvalue weighted by Crippen LogP contribution is 2.33. The highest BCUT2D eigenvalue weighted by Gasteiger charge is 2.43. The number of benzene rings is 1. The smallest absolute Gasteiger partial charge is 0.240 e. The van der Waals surface area contributed by atoms with E-state index in [1.54, 1.807) is 0 Å². The minimum Gasteiger partial charge on any atom is -0.353 e. The molecule has 1 aliphatic rings. The second-order valence-corrected chi connectivity index (χ2v) is 6.44. The highest BCUT2D eigenvalue weighted by molar-refractivity contribution is 5.86. The molecule has 3 N–H and O–H groups in total. The highest BCUT2D eigenvalue weighted by atomic mass is 16.2. The molecule has 21 heavy (non-hydrogen) atoms. The van der Waals surface area contributed by atoms with Gasteiger partial charge in [0.25, 0.3) is 0 Å². The number of piperazine rings is 1. The Morgan fingerprint density at radius 2 is 2.14 bits per heavy atom. The fraction of sp³-hybridized carbons (Fsp3) is 0.588. The summed E-state index contributed by atoms with van der Waals surface area (Å²) in [5.41, 5.74) is 8.30. The molecule has 2 rings (SSSR count). The van der Waals surface area contributed by atoms with E-state index in [1.165, 1.54) is 11.1 Å². The van der Waals surface area contributed by atoms with E-state index in [4.69, 9.17) is 5.73 Å². The van der Waals surface area contributed by atoms with Gasteiger partial charge in [-0.15, -0.1) is 0 Å². The fourth-order valence-electron chi connectivity index (χ4n) is 3.14. The Morgan fingerprint density at radius 1 is 1.43 bits per heavy atom. The number of nitrogens with one attached hydrogen (secondary N) is 1. The van der Waals surface area contributed by atoms with Gasteiger partial charge in [0, 0.05) is 19.1 Å². The topological polar surface area (TPSA) is 58.4 Å². The fourth-order valence-corrected chi connectivity index (χ4v) is 3.14. The normalized spacial score (nSPS) is 21.7. The third-order valence-electron chi connectivity index (χ3n) is 4.51. The van der Waals surface area contributed by atoms with Crippen LogP contribution in [0.1, 0.15) is 44.4 Å². The van der Waals surface area contributed by atoms with Crippen molar-refractivity contribution in [2.45, 2.75) is 51.7 Å². The first kappa shape index (κ1) is 16.0. The van der Waals surface area contributed by atoms with Crippen molar-refractivity contribution in [3.8, 4) is 0 Å². The number of amides is 1. The lowest BCUT2D eigenvalue weighted by molar-refractivity contribution is -0.137. The van der Waals surface area contributed by atoms with Crippen LogP contribution in [0.15, 0.2) is 24.3 Å². The zero-order valence-electron chi connectivity index (χ0n) is 13.5. The lowest BCUT2D eigenvalue weighted by atomic mass is 9.88. The van der Waals surface area contributed by atoms with Crippen molar-refractivity contribution in [3.63, 3.8) is 0 Å². The number of carbonyl (C=O) groups is 1. The summed E-state index contributed by atoms with van der Waals surface area (Å²) in [4.78, 5) is 14.5. The molecule has 0 aromatic heterocycles. The number of hydrogen-bond acceptors (Lipinski definition) is 3. The molecule has 2 atom stereocenters. The summed E-state index contributed by atoms with van der Waals surface area (Å²) in [5, 5.41) is 2.96. The number of hydrogen-bond donors (Lipinski definition) is 2. The Morgan fingerprint density at radius 3 is 2.76 bits per heavy atom. The van der Waals surface area contributed by atoms with E-state index in [1.807, 2.05) is 13.8 Å². The van der Waals surface area contributed by atoms with Gasteiger partial charge in [0.15, 0.2) is 0 Å². The molecule has 0 spiro atoms. The number of nitrogens with zero attached hydrogens (tertiary/aromatic N) is 1. The first-order chi connectivity index (χ1) is 9.87. The van der Waals surface area contributed by atoms with Crippen LogP contribution in [0.3, 0.4) is 0 Å². The van der Waals surface area contributed by atoms with E-state index >= 15 is 0 Å². The Kier molecular flexibility index (Phi) is 4.69. The van der Waals surface area contributed by atoms with Crippen molar-refractivity contribution in [1.82, 2.24) is 10.2 Å². The van der Waals surface area contributed by atoms with Crippen LogP contribution in [-0.4, -0.2) is 35.5 Å². The van der Waals surface area contributed by atoms with E-state index in [9.17, 15) is 4.79 Å². The van der Waals surface area contributed by atoms with Gasteiger partial charge in [-0.05, 0) is 32.8 Å². The second-order valence-electron chi connectivity index (χ2n) is 6.44. The molecule has 0 bridgehead atoms. The van der Waals surface area contributed by atoms with Crippen molar-refractivity contribution in [2.24, 2.45) is 5.73 Å². The van der Waals surface area contributed by atoms with Gasteiger partial charge in [-0.2, -0.15) is 0 Å². The van der Waals surface area contributed by atoms with Gasteiger partial charge in [-0.3, -0.25) is 9.69 Å². The molecule has 0 saturated carbocycles. The van der Waals surface area contributed by atoms with Crippen LogP contribution in [-0.2, 0) is 4.79 Å². The molecule has 1 heterocycles. The van der Waals surface area contributed by atoms with Crippen molar-refractivity contribution >= 4 is 5.91 Å². The maximum atomic E-state index is 12.2. The summed E-state index contributed by atoms with van der Waals surface area (Å²) >= 11 is 0. The molecule has 0 aliphatic carbocycles. The molecule has 1 aromatic carbocycles. The molecule has 1 aromatic rings. The monoisotopic (exact) mass is 289 g/mol. The van der Waals surface area contributed by atoms with Gasteiger partial charge in [0.1, 0.15) is 0 Å². The Hall–Kier alpha value is -1.39. The maximum Gasteiger partial charge on any atom is 0.240 e. The van der Waals surface area contributed by atoms with E-state index < -0.39 is 5.54 Å². The Labute approximate surface area is 127 Å². The van der Waals surface area contributed by atoms with E-state index in [0.717, 1.165) is 13.0 Å². The van der Waals surface area contributed by atoms with E-state index in [-0.39, 0.29) is 18.0 Å². The predicted molar refractivity (Wildman–Crippen MR) is 86.0 cm³/mol. The van der Waals surface area contributed by atoms with E-state index in [2.05, 4.69) is 48.3 Å². The van der Waals surface area contributed by atoms with Crippen molar-refractivity contribution in [2.75, 3.05) is 13.1 Å². The Bertz CT molecular complexity index is 513. The van der Waals surface area contributed by atoms with Crippen LogP contribution < -0.4 is 11.1 Å². The maximum absolute atomic E-state index is 12.2. The quantitative estimate of drug-likeness (QED) is 0.891. The summed E-state index contributed by atoms with van der Waals surface area (Å²) in [6.45, 7) is 9.65. The van der Waals surface area contributed by atoms with Crippen molar-refractivity contribution < 1.29 is 4.79 Å². The van der Waals surface area contributed by atoms with Gasteiger partial charge in [-0.25, -0.2) is 0 Å². The third-order valence-corrected chi connectivity index (χ3v) is 4.51. The molecule has 1 saturated heterocycles. The second kappa shape index (κ2) is 6.16. The predicted octanol–water partition coefficient (Wildman–Crippen LogP) is 1.98. The van der Waals surface area contributed by atoms with Gasteiger partial charge < -0.3 is 11.1 Å². The number of nitrogens with two attached hydrogens (primary N) is 1. The summed E-state index contributed by atoms with van der Waals surface area (Å²) in [7, 11) is 0. The van der Waals surface area contributed by atoms with Gasteiger partial charge in [-0.1, -0.05) is 36.8 Å². The molecule has 2 unspecified atom stereocenters. The summed E-state index contributed by atoms with van der Waals surface area (Å²) in [5.74, 6) is 0.0784. The molecule has 4 nitrogen and oxygen atoms in total. The van der Waals surface area contributed by atoms with Crippen LogP contribution in [0.2, 0.25) is 0 Å². The average molecular weight is 289 g/mol. The molecule has 116 valence electrons. The lowest BCUT2D eigenvalue weighted by Crippen LogP contribution is -2.64. The zero-order valence-corrected chi connectivity index (χ0v) is 13.5. The molecule has 0 radical (unpaired) electrons. The van der Waals surface area contributed by atoms with Crippen molar-refractivity contribution in [1.29, 1.82) is 0 Å². The van der Waals surface area contributed by atoms with Crippen LogP contribution in [0, 0.1) is 6.92 Å². The van der Waals surface area contributed by atoms with Crippen LogP contribution in [0.4, 0.5) is 0 Å². The van der Waals surface area contributed by atoms with Gasteiger partial charge >= 0.3 is 0 Å². The molecule has 1 fully saturated rings. The first-order valence-corrected chi connectivity index (χ1v) is 7.75. The number of aryl methyl sites for hydroxylation is 1. The number of carbonyl (C=O) groups excluding carboxylic acids is 1. The molecular formula is C17H27N3O. The molecule has 4 heteroatoms. The van der Waals surface area contributed by atoms with Crippen LogP contribution >= 0.6 is 0 Å². The van der Waals surface area contributed by atoms with Crippen molar-refractivity contribution in [3.05, 3.63) is 35.4 Å². The Balaban J connectivity index is 2.43. The zero-order chi connectivity index (χ0) is 15.6. The first-order valence-electron chi connectivity index (χ1n) is 7.75.